The van der Waals surface area contributed by atoms with Crippen LogP contribution in [0.1, 0.15) is 34.8 Å². The van der Waals surface area contributed by atoms with E-state index in [1.165, 1.54) is 22.2 Å². The van der Waals surface area contributed by atoms with E-state index in [1.807, 2.05) is 35.0 Å². The molecule has 1 amide bonds. The minimum Gasteiger partial charge on any atom is -0.347 e. The Bertz CT molecular complexity index is 1340. The van der Waals surface area contributed by atoms with Crippen LogP contribution in [0.4, 0.5) is 13.2 Å². The summed E-state index contributed by atoms with van der Waals surface area (Å²) in [6, 6.07) is 9.59. The van der Waals surface area contributed by atoms with Crippen LogP contribution in [-0.2, 0) is 26.4 Å². The molecule has 1 unspecified atom stereocenters. The number of benzene rings is 1. The van der Waals surface area contributed by atoms with Crippen molar-refractivity contribution in [3.8, 4) is 22.0 Å². The Balaban J connectivity index is 1.29. The van der Waals surface area contributed by atoms with E-state index in [-0.39, 0.29) is 18.4 Å². The Labute approximate surface area is 202 Å². The predicted molar refractivity (Wildman–Crippen MR) is 124 cm³/mol. The van der Waals surface area contributed by atoms with Gasteiger partial charge in [-0.3, -0.25) is 9.48 Å². The molecule has 182 valence electrons. The van der Waals surface area contributed by atoms with Gasteiger partial charge < -0.3 is 5.32 Å². The number of nitrogens with zero attached hydrogens (tertiary/aromatic N) is 6. The van der Waals surface area contributed by atoms with E-state index in [4.69, 9.17) is 0 Å². The number of hydrogen-bond acceptors (Lipinski definition) is 6. The average molecular weight is 502 g/mol. The van der Waals surface area contributed by atoms with Crippen LogP contribution in [0.15, 0.2) is 41.9 Å². The average Bonchev–Trinajstić information content (AvgIpc) is 3.55. The highest BCUT2D eigenvalue weighted by atomic mass is 32.1. The van der Waals surface area contributed by atoms with Crippen molar-refractivity contribution in [2.75, 3.05) is 0 Å². The maximum atomic E-state index is 13.2. The molecule has 0 aliphatic carbocycles. The fraction of sp³-hybridized carbons (Fsp3) is 0.348. The summed E-state index contributed by atoms with van der Waals surface area (Å²) in [6.07, 6.45) is -2.62. The number of aromatic nitrogens is 6. The maximum absolute atomic E-state index is 13.2. The number of halogens is 3. The van der Waals surface area contributed by atoms with Gasteiger partial charge >= 0.3 is 6.18 Å². The van der Waals surface area contributed by atoms with Crippen LogP contribution in [0.2, 0.25) is 0 Å². The first-order chi connectivity index (χ1) is 16.8. The minimum atomic E-state index is -4.24. The van der Waals surface area contributed by atoms with Crippen molar-refractivity contribution in [3.05, 3.63) is 59.1 Å². The van der Waals surface area contributed by atoms with Gasteiger partial charge in [0.05, 0.1) is 17.5 Å². The van der Waals surface area contributed by atoms with Gasteiger partial charge in [-0.25, -0.2) is 14.6 Å². The molecule has 0 spiro atoms. The quantitative estimate of drug-likeness (QED) is 0.431. The molecule has 0 bridgehead atoms. The van der Waals surface area contributed by atoms with Crippen LogP contribution in [0, 0.1) is 0 Å². The van der Waals surface area contributed by atoms with Crippen molar-refractivity contribution >= 4 is 17.2 Å². The molecule has 1 atom stereocenters. The predicted octanol–water partition coefficient (Wildman–Crippen LogP) is 4.04. The van der Waals surface area contributed by atoms with E-state index in [1.54, 1.807) is 12.4 Å². The lowest BCUT2D eigenvalue weighted by Gasteiger charge is -2.23. The molecule has 8 nitrogen and oxygen atoms in total. The summed E-state index contributed by atoms with van der Waals surface area (Å²) in [6.45, 7) is 0.632. The lowest BCUT2D eigenvalue weighted by atomic mass is 10.1. The molecular formula is C23H22F3N7OS. The Kier molecular flexibility index (Phi) is 6.13. The second kappa shape index (κ2) is 9.25. The molecule has 4 heterocycles. The van der Waals surface area contributed by atoms with E-state index >= 15 is 0 Å². The van der Waals surface area contributed by atoms with Gasteiger partial charge in [-0.05, 0) is 12.8 Å². The van der Waals surface area contributed by atoms with Gasteiger partial charge in [-0.1, -0.05) is 30.3 Å². The summed E-state index contributed by atoms with van der Waals surface area (Å²) in [7, 11) is 1.65. The molecule has 0 radical (unpaired) electrons. The van der Waals surface area contributed by atoms with Gasteiger partial charge in [0.1, 0.15) is 16.5 Å². The first-order valence-electron chi connectivity index (χ1n) is 11.1. The van der Waals surface area contributed by atoms with Gasteiger partial charge in [0.25, 0.3) is 5.91 Å². The number of aryl methyl sites for hydroxylation is 3. The third-order valence-electron chi connectivity index (χ3n) is 5.83. The van der Waals surface area contributed by atoms with Crippen molar-refractivity contribution < 1.29 is 18.0 Å². The van der Waals surface area contributed by atoms with E-state index in [0.29, 0.717) is 47.2 Å². The number of carbonyl (C=O) groups is 1. The van der Waals surface area contributed by atoms with Crippen LogP contribution in [0.5, 0.6) is 0 Å². The standard InChI is InChI=1S/C23H22F3N7OS/c1-32-19(17(12-27-32)22-29-16(13-35-22)7-9-23(24,25)26)21(34)28-15-8-10-33-18(11-15)30-20(31-33)14-5-3-2-4-6-14/h2-6,12-13,15H,7-11H2,1H3,(H,28,34). The number of fused-ring (bicyclic) bond motifs is 1. The molecule has 4 aromatic rings. The van der Waals surface area contributed by atoms with Gasteiger partial charge in [0.15, 0.2) is 5.82 Å². The van der Waals surface area contributed by atoms with E-state index in [9.17, 15) is 18.0 Å². The summed E-state index contributed by atoms with van der Waals surface area (Å²) in [5.74, 6) is 1.15. The lowest BCUT2D eigenvalue weighted by molar-refractivity contribution is -0.134. The molecule has 1 N–H and O–H groups in total. The van der Waals surface area contributed by atoms with E-state index in [2.05, 4.69) is 25.5 Å². The molecule has 0 saturated carbocycles. The number of carbonyl (C=O) groups excluding carboxylic acids is 1. The van der Waals surface area contributed by atoms with Crippen molar-refractivity contribution in [2.24, 2.45) is 7.05 Å². The van der Waals surface area contributed by atoms with Crippen LogP contribution in [0.3, 0.4) is 0 Å². The van der Waals surface area contributed by atoms with E-state index in [0.717, 1.165) is 11.4 Å². The molecule has 12 heteroatoms. The number of nitrogens with one attached hydrogen (secondary N) is 1. The van der Waals surface area contributed by atoms with Crippen LogP contribution >= 0.6 is 11.3 Å². The second-order valence-corrected chi connectivity index (χ2v) is 9.25. The first-order valence-corrected chi connectivity index (χ1v) is 12.0. The Hall–Kier alpha value is -3.54. The SMILES string of the molecule is Cn1ncc(-c2nc(CCC(F)(F)F)cs2)c1C(=O)NC1CCn2nc(-c3ccccc3)nc2C1. The minimum absolute atomic E-state index is 0.135. The van der Waals surface area contributed by atoms with Gasteiger partial charge in [-0.15, -0.1) is 11.3 Å². The third-order valence-corrected chi connectivity index (χ3v) is 6.76. The summed E-state index contributed by atoms with van der Waals surface area (Å²) < 4.78 is 41.0. The van der Waals surface area contributed by atoms with Crippen LogP contribution < -0.4 is 5.32 Å². The molecule has 0 saturated heterocycles. The van der Waals surface area contributed by atoms with Gasteiger partial charge in [0.2, 0.25) is 0 Å². The Morgan fingerprint density at radius 2 is 2.03 bits per heavy atom. The lowest BCUT2D eigenvalue weighted by Crippen LogP contribution is -2.41. The number of alkyl halides is 3. The molecule has 1 aliphatic rings. The van der Waals surface area contributed by atoms with Crippen molar-refractivity contribution in [2.45, 2.75) is 44.4 Å². The summed E-state index contributed by atoms with van der Waals surface area (Å²) in [5, 5.41) is 13.9. The molecule has 0 fully saturated rings. The maximum Gasteiger partial charge on any atom is 0.389 e. The zero-order valence-corrected chi connectivity index (χ0v) is 19.6. The Morgan fingerprint density at radius 3 is 2.80 bits per heavy atom. The zero-order valence-electron chi connectivity index (χ0n) is 18.8. The third kappa shape index (κ3) is 5.11. The number of hydrogen-bond donors (Lipinski definition) is 1. The largest absolute Gasteiger partial charge is 0.389 e. The van der Waals surface area contributed by atoms with Crippen molar-refractivity contribution in [1.82, 2.24) is 34.8 Å². The fourth-order valence-electron chi connectivity index (χ4n) is 4.07. The van der Waals surface area contributed by atoms with Crippen LogP contribution in [-0.4, -0.2) is 47.7 Å². The van der Waals surface area contributed by atoms with Gasteiger partial charge in [-0.2, -0.15) is 23.4 Å². The highest BCUT2D eigenvalue weighted by Gasteiger charge is 2.29. The summed E-state index contributed by atoms with van der Waals surface area (Å²) >= 11 is 1.20. The van der Waals surface area contributed by atoms with E-state index < -0.39 is 12.6 Å². The number of thiazole rings is 1. The highest BCUT2D eigenvalue weighted by Crippen LogP contribution is 2.29. The summed E-state index contributed by atoms with van der Waals surface area (Å²) in [5.41, 5.74) is 2.10. The topological polar surface area (TPSA) is 90.5 Å². The normalized spacial score (nSPS) is 15.7. The number of rotatable bonds is 6. The molecule has 35 heavy (non-hydrogen) atoms. The molecule has 5 rings (SSSR count). The van der Waals surface area contributed by atoms with Crippen molar-refractivity contribution in [3.63, 3.8) is 0 Å². The molecule has 1 aromatic carbocycles. The monoisotopic (exact) mass is 501 g/mol. The Morgan fingerprint density at radius 1 is 1.23 bits per heavy atom. The highest BCUT2D eigenvalue weighted by molar-refractivity contribution is 7.13. The van der Waals surface area contributed by atoms with Gasteiger partial charge in [0, 0.05) is 43.4 Å². The zero-order chi connectivity index (χ0) is 24.6. The molecule has 1 aliphatic heterocycles. The number of amides is 1. The molecule has 3 aromatic heterocycles. The summed E-state index contributed by atoms with van der Waals surface area (Å²) in [4.78, 5) is 22.2. The molecular weight excluding hydrogens is 479 g/mol. The van der Waals surface area contributed by atoms with Crippen LogP contribution in [0.25, 0.3) is 22.0 Å². The fourth-order valence-corrected chi connectivity index (χ4v) is 4.93. The van der Waals surface area contributed by atoms with Crippen molar-refractivity contribution in [1.29, 1.82) is 0 Å². The second-order valence-electron chi connectivity index (χ2n) is 8.39. The smallest absolute Gasteiger partial charge is 0.347 e. The first kappa shape index (κ1) is 23.2.